The first-order valence-corrected chi connectivity index (χ1v) is 5.23. The van der Waals surface area contributed by atoms with E-state index in [1.807, 2.05) is 24.3 Å². The minimum absolute atomic E-state index is 0.366. The summed E-state index contributed by atoms with van der Waals surface area (Å²) in [5.74, 6) is -0.366. The van der Waals surface area contributed by atoms with E-state index in [2.05, 4.69) is 9.72 Å². The van der Waals surface area contributed by atoms with Crippen LogP contribution in [-0.4, -0.2) is 18.1 Å². The zero-order valence-corrected chi connectivity index (χ0v) is 8.95. The Kier molecular flexibility index (Phi) is 2.78. The molecule has 0 bridgehead atoms. The van der Waals surface area contributed by atoms with E-state index >= 15 is 0 Å². The number of methoxy groups -OCH3 is 1. The van der Waals surface area contributed by atoms with Gasteiger partial charge in [-0.1, -0.05) is 12.1 Å². The first-order chi connectivity index (χ1) is 7.29. The number of aromatic nitrogens is 1. The summed E-state index contributed by atoms with van der Waals surface area (Å²) >= 11 is 1.54. The topological polar surface area (TPSA) is 39.2 Å². The molecule has 0 unspecified atom stereocenters. The van der Waals surface area contributed by atoms with Gasteiger partial charge in [-0.2, -0.15) is 0 Å². The van der Waals surface area contributed by atoms with Gasteiger partial charge >= 0.3 is 5.97 Å². The minimum Gasteiger partial charge on any atom is -0.466 e. The van der Waals surface area contributed by atoms with Crippen molar-refractivity contribution in [2.75, 3.05) is 7.11 Å². The third-order valence-electron chi connectivity index (χ3n) is 1.87. The van der Waals surface area contributed by atoms with Gasteiger partial charge in [-0.05, 0) is 18.2 Å². The molecule has 0 aliphatic heterocycles. The Labute approximate surface area is 91.0 Å². The summed E-state index contributed by atoms with van der Waals surface area (Å²) in [6.07, 6.45) is 3.04. The van der Waals surface area contributed by atoms with E-state index in [1.165, 1.54) is 13.2 Å². The summed E-state index contributed by atoms with van der Waals surface area (Å²) < 4.78 is 5.61. The number of rotatable bonds is 2. The number of carbonyl (C=O) groups is 1. The highest BCUT2D eigenvalue weighted by Gasteiger charge is 2.00. The number of hydrogen-bond acceptors (Lipinski definition) is 4. The van der Waals surface area contributed by atoms with Crippen LogP contribution in [0.1, 0.15) is 5.01 Å². The van der Waals surface area contributed by atoms with Crippen molar-refractivity contribution in [2.24, 2.45) is 0 Å². The van der Waals surface area contributed by atoms with Crippen LogP contribution in [0, 0.1) is 0 Å². The van der Waals surface area contributed by atoms with Crippen LogP contribution >= 0.6 is 11.3 Å². The molecule has 0 atom stereocenters. The SMILES string of the molecule is COC(=O)C=Cc1nc2ccccc2s1. The Bertz CT molecular complexity index is 483. The van der Waals surface area contributed by atoms with Crippen molar-refractivity contribution in [3.63, 3.8) is 0 Å². The molecule has 2 aromatic rings. The van der Waals surface area contributed by atoms with Crippen LogP contribution in [0.4, 0.5) is 0 Å². The smallest absolute Gasteiger partial charge is 0.330 e. The fourth-order valence-electron chi connectivity index (χ4n) is 1.17. The summed E-state index contributed by atoms with van der Waals surface area (Å²) in [6, 6.07) is 7.86. The second kappa shape index (κ2) is 4.23. The second-order valence-corrected chi connectivity index (χ2v) is 3.94. The van der Waals surface area contributed by atoms with Crippen molar-refractivity contribution in [1.29, 1.82) is 0 Å². The van der Waals surface area contributed by atoms with Crippen LogP contribution in [0.5, 0.6) is 0 Å². The van der Waals surface area contributed by atoms with Gasteiger partial charge in [-0.3, -0.25) is 0 Å². The number of hydrogen-bond donors (Lipinski definition) is 0. The monoisotopic (exact) mass is 219 g/mol. The molecule has 4 heteroatoms. The molecule has 1 aromatic heterocycles. The molecule has 1 aromatic carbocycles. The van der Waals surface area contributed by atoms with E-state index in [0.717, 1.165) is 15.2 Å². The molecule has 0 saturated heterocycles. The maximum atomic E-state index is 10.9. The summed E-state index contributed by atoms with van der Waals surface area (Å²) in [5.41, 5.74) is 0.951. The molecule has 0 amide bonds. The van der Waals surface area contributed by atoms with Crippen molar-refractivity contribution < 1.29 is 9.53 Å². The van der Waals surface area contributed by atoms with Crippen LogP contribution in [0.15, 0.2) is 30.3 Å². The standard InChI is InChI=1S/C11H9NO2S/c1-14-11(13)7-6-10-12-8-4-2-3-5-9(8)15-10/h2-7H,1H3. The van der Waals surface area contributed by atoms with Gasteiger partial charge in [0.15, 0.2) is 0 Å². The van der Waals surface area contributed by atoms with Crippen molar-refractivity contribution in [3.05, 3.63) is 35.3 Å². The van der Waals surface area contributed by atoms with Gasteiger partial charge < -0.3 is 4.74 Å². The van der Waals surface area contributed by atoms with E-state index in [9.17, 15) is 4.79 Å². The highest BCUT2D eigenvalue weighted by Crippen LogP contribution is 2.22. The first kappa shape index (κ1) is 9.86. The minimum atomic E-state index is -0.366. The second-order valence-electron chi connectivity index (χ2n) is 2.88. The average Bonchev–Trinajstić information content (AvgIpc) is 2.68. The molecule has 2 rings (SSSR count). The molecule has 1 heterocycles. The van der Waals surface area contributed by atoms with Crippen molar-refractivity contribution in [1.82, 2.24) is 4.98 Å². The van der Waals surface area contributed by atoms with Gasteiger partial charge in [-0.15, -0.1) is 11.3 Å². The summed E-state index contributed by atoms with van der Waals surface area (Å²) in [6.45, 7) is 0. The van der Waals surface area contributed by atoms with Gasteiger partial charge in [0.25, 0.3) is 0 Å². The first-order valence-electron chi connectivity index (χ1n) is 4.41. The van der Waals surface area contributed by atoms with Gasteiger partial charge in [-0.25, -0.2) is 9.78 Å². The zero-order chi connectivity index (χ0) is 10.7. The Morgan fingerprint density at radius 3 is 3.00 bits per heavy atom. The zero-order valence-electron chi connectivity index (χ0n) is 8.14. The van der Waals surface area contributed by atoms with Crippen LogP contribution in [0.3, 0.4) is 0 Å². The van der Waals surface area contributed by atoms with Gasteiger partial charge in [0.05, 0.1) is 17.3 Å². The molecule has 0 N–H and O–H groups in total. The van der Waals surface area contributed by atoms with E-state index < -0.39 is 0 Å². The number of thiazole rings is 1. The number of carbonyl (C=O) groups excluding carboxylic acids is 1. The molecule has 3 nitrogen and oxygen atoms in total. The van der Waals surface area contributed by atoms with Gasteiger partial charge in [0.1, 0.15) is 5.01 Å². The van der Waals surface area contributed by atoms with Crippen molar-refractivity contribution in [2.45, 2.75) is 0 Å². The lowest BCUT2D eigenvalue weighted by Gasteiger charge is -1.86. The maximum absolute atomic E-state index is 10.9. The lowest BCUT2D eigenvalue weighted by atomic mass is 10.3. The summed E-state index contributed by atoms with van der Waals surface area (Å²) in [4.78, 5) is 15.2. The third-order valence-corrected chi connectivity index (χ3v) is 2.88. The summed E-state index contributed by atoms with van der Waals surface area (Å²) in [7, 11) is 1.35. The van der Waals surface area contributed by atoms with E-state index in [1.54, 1.807) is 17.4 Å². The molecule has 0 aliphatic carbocycles. The third kappa shape index (κ3) is 2.22. The number of fused-ring (bicyclic) bond motifs is 1. The number of benzene rings is 1. The van der Waals surface area contributed by atoms with E-state index in [0.29, 0.717) is 0 Å². The largest absolute Gasteiger partial charge is 0.466 e. The highest BCUT2D eigenvalue weighted by atomic mass is 32.1. The predicted molar refractivity (Wildman–Crippen MR) is 60.7 cm³/mol. The fourth-order valence-corrected chi connectivity index (χ4v) is 2.04. The number of nitrogens with zero attached hydrogens (tertiary/aromatic N) is 1. The predicted octanol–water partition coefficient (Wildman–Crippen LogP) is 2.48. The molecule has 0 spiro atoms. The Hall–Kier alpha value is -1.68. The molecule has 0 saturated carbocycles. The lowest BCUT2D eigenvalue weighted by Crippen LogP contribution is -1.92. The normalized spacial score (nSPS) is 11.0. The van der Waals surface area contributed by atoms with E-state index in [-0.39, 0.29) is 5.97 Å². The summed E-state index contributed by atoms with van der Waals surface area (Å²) in [5, 5.41) is 0.807. The van der Waals surface area contributed by atoms with Crippen LogP contribution in [-0.2, 0) is 9.53 Å². The lowest BCUT2D eigenvalue weighted by molar-refractivity contribution is -0.134. The number of para-hydroxylation sites is 1. The van der Waals surface area contributed by atoms with Crippen LogP contribution < -0.4 is 0 Å². The highest BCUT2D eigenvalue weighted by molar-refractivity contribution is 7.19. The maximum Gasteiger partial charge on any atom is 0.330 e. The number of ether oxygens (including phenoxy) is 1. The average molecular weight is 219 g/mol. The Morgan fingerprint density at radius 2 is 2.27 bits per heavy atom. The molecule has 15 heavy (non-hydrogen) atoms. The molecule has 0 fully saturated rings. The van der Waals surface area contributed by atoms with Crippen LogP contribution in [0.2, 0.25) is 0 Å². The fraction of sp³-hybridized carbons (Fsp3) is 0.0909. The van der Waals surface area contributed by atoms with Gasteiger partial charge in [0.2, 0.25) is 0 Å². The molecular formula is C11H9NO2S. The Balaban J connectivity index is 2.29. The molecule has 76 valence electrons. The molecule has 0 aliphatic rings. The van der Waals surface area contributed by atoms with E-state index in [4.69, 9.17) is 0 Å². The number of esters is 1. The molecular weight excluding hydrogens is 210 g/mol. The van der Waals surface area contributed by atoms with Crippen LogP contribution in [0.25, 0.3) is 16.3 Å². The molecule has 0 radical (unpaired) electrons. The Morgan fingerprint density at radius 1 is 1.47 bits per heavy atom. The van der Waals surface area contributed by atoms with Crippen molar-refractivity contribution in [3.8, 4) is 0 Å². The van der Waals surface area contributed by atoms with Gasteiger partial charge in [0, 0.05) is 6.08 Å². The van der Waals surface area contributed by atoms with Crippen molar-refractivity contribution >= 4 is 33.6 Å². The quantitative estimate of drug-likeness (QED) is 0.575.